The molecular formula is C22H25ClN8O. The largest absolute Gasteiger partial charge is 0.338 e. The SMILES string of the molecule is CCc1nc(Nc2nccc(Cl)c2NC(=O)c2ccccc2)nc(N2CCN(C)CC2)n1. The topological polar surface area (TPSA) is 99.2 Å². The van der Waals surface area contributed by atoms with Gasteiger partial charge in [-0.05, 0) is 25.2 Å². The first-order valence-corrected chi connectivity index (χ1v) is 10.9. The van der Waals surface area contributed by atoms with Gasteiger partial charge in [-0.15, -0.1) is 0 Å². The summed E-state index contributed by atoms with van der Waals surface area (Å²) >= 11 is 6.39. The van der Waals surface area contributed by atoms with Crippen molar-refractivity contribution in [3.05, 3.63) is 59.0 Å². The summed E-state index contributed by atoms with van der Waals surface area (Å²) in [7, 11) is 2.10. The van der Waals surface area contributed by atoms with Crippen LogP contribution in [0.2, 0.25) is 5.02 Å². The number of carbonyl (C=O) groups excluding carboxylic acids is 1. The molecule has 9 nitrogen and oxygen atoms in total. The van der Waals surface area contributed by atoms with E-state index in [1.54, 1.807) is 36.5 Å². The minimum atomic E-state index is -0.286. The van der Waals surface area contributed by atoms with Crippen molar-refractivity contribution in [2.75, 3.05) is 48.8 Å². The van der Waals surface area contributed by atoms with Crippen molar-refractivity contribution < 1.29 is 4.79 Å². The number of piperazine rings is 1. The van der Waals surface area contributed by atoms with E-state index in [0.717, 1.165) is 26.2 Å². The Morgan fingerprint density at radius 1 is 1.06 bits per heavy atom. The second kappa shape index (κ2) is 9.88. The summed E-state index contributed by atoms with van der Waals surface area (Å²) in [6, 6.07) is 10.5. The van der Waals surface area contributed by atoms with Crippen molar-refractivity contribution in [2.24, 2.45) is 0 Å². The number of hydrogen-bond acceptors (Lipinski definition) is 8. The van der Waals surface area contributed by atoms with Crippen molar-refractivity contribution >= 4 is 40.9 Å². The summed E-state index contributed by atoms with van der Waals surface area (Å²) in [5.41, 5.74) is 0.881. The zero-order chi connectivity index (χ0) is 22.5. The van der Waals surface area contributed by atoms with Crippen LogP contribution in [0.1, 0.15) is 23.1 Å². The summed E-state index contributed by atoms with van der Waals surface area (Å²) in [6.07, 6.45) is 2.23. The Balaban J connectivity index is 1.61. The first-order valence-electron chi connectivity index (χ1n) is 10.5. The lowest BCUT2D eigenvalue weighted by molar-refractivity contribution is 0.102. The van der Waals surface area contributed by atoms with Crippen molar-refractivity contribution in [2.45, 2.75) is 13.3 Å². The normalized spacial score (nSPS) is 14.3. The molecule has 0 aliphatic carbocycles. The first-order chi connectivity index (χ1) is 15.5. The van der Waals surface area contributed by atoms with Crippen LogP contribution in [0.3, 0.4) is 0 Å². The molecule has 1 aliphatic heterocycles. The quantitative estimate of drug-likeness (QED) is 0.588. The zero-order valence-corrected chi connectivity index (χ0v) is 18.8. The maximum absolute atomic E-state index is 12.7. The highest BCUT2D eigenvalue weighted by molar-refractivity contribution is 6.34. The number of aromatic nitrogens is 4. The minimum Gasteiger partial charge on any atom is -0.338 e. The molecule has 2 N–H and O–H groups in total. The molecule has 3 heterocycles. The Hall–Kier alpha value is -3.30. The Bertz CT molecular complexity index is 1090. The number of hydrogen-bond donors (Lipinski definition) is 2. The van der Waals surface area contributed by atoms with Gasteiger partial charge in [0.15, 0.2) is 5.82 Å². The molecule has 0 saturated carbocycles. The third-order valence-electron chi connectivity index (χ3n) is 5.18. The van der Waals surface area contributed by atoms with E-state index in [1.165, 1.54) is 0 Å². The molecule has 2 aromatic heterocycles. The predicted octanol–water partition coefficient (Wildman–Crippen LogP) is 3.23. The number of halogens is 1. The van der Waals surface area contributed by atoms with Gasteiger partial charge in [0.2, 0.25) is 11.9 Å². The summed E-state index contributed by atoms with van der Waals surface area (Å²) in [4.78, 5) is 35.2. The number of pyridine rings is 1. The number of rotatable bonds is 6. The van der Waals surface area contributed by atoms with E-state index in [1.807, 2.05) is 13.0 Å². The number of likely N-dealkylation sites (N-methyl/N-ethyl adjacent to an activating group) is 1. The Labute approximate surface area is 191 Å². The molecule has 0 bridgehead atoms. The summed E-state index contributed by atoms with van der Waals surface area (Å²) in [6.45, 7) is 5.58. The molecule has 1 aromatic carbocycles. The number of nitrogens with one attached hydrogen (secondary N) is 2. The van der Waals surface area contributed by atoms with Crippen LogP contribution in [0.25, 0.3) is 0 Å². The van der Waals surface area contributed by atoms with Gasteiger partial charge in [-0.2, -0.15) is 15.0 Å². The van der Waals surface area contributed by atoms with Gasteiger partial charge in [0.25, 0.3) is 5.91 Å². The van der Waals surface area contributed by atoms with Crippen molar-refractivity contribution in [3.63, 3.8) is 0 Å². The van der Waals surface area contributed by atoms with Gasteiger partial charge in [0, 0.05) is 44.4 Å². The van der Waals surface area contributed by atoms with Crippen molar-refractivity contribution in [3.8, 4) is 0 Å². The van der Waals surface area contributed by atoms with Gasteiger partial charge >= 0.3 is 0 Å². The van der Waals surface area contributed by atoms with E-state index < -0.39 is 0 Å². The molecule has 1 saturated heterocycles. The lowest BCUT2D eigenvalue weighted by atomic mass is 10.2. The van der Waals surface area contributed by atoms with Crippen LogP contribution in [0.15, 0.2) is 42.6 Å². The molecule has 1 amide bonds. The third-order valence-corrected chi connectivity index (χ3v) is 5.49. The molecule has 1 fully saturated rings. The van der Waals surface area contributed by atoms with Crippen LogP contribution in [-0.2, 0) is 6.42 Å². The Kier molecular flexibility index (Phi) is 6.77. The van der Waals surface area contributed by atoms with E-state index in [9.17, 15) is 4.79 Å². The number of aryl methyl sites for hydroxylation is 1. The van der Waals surface area contributed by atoms with Gasteiger partial charge in [0.05, 0.1) is 5.02 Å². The summed E-state index contributed by atoms with van der Waals surface area (Å²) in [5.74, 6) is 1.74. The molecule has 0 spiro atoms. The van der Waals surface area contributed by atoms with E-state index in [0.29, 0.717) is 46.2 Å². The van der Waals surface area contributed by atoms with E-state index in [2.05, 4.69) is 47.4 Å². The molecule has 0 radical (unpaired) electrons. The van der Waals surface area contributed by atoms with Crippen LogP contribution in [0.4, 0.5) is 23.4 Å². The minimum absolute atomic E-state index is 0.286. The lowest BCUT2D eigenvalue weighted by Crippen LogP contribution is -2.45. The Morgan fingerprint density at radius 2 is 1.81 bits per heavy atom. The number of anilines is 4. The van der Waals surface area contributed by atoms with Gasteiger partial charge in [-0.25, -0.2) is 4.98 Å². The van der Waals surface area contributed by atoms with Gasteiger partial charge in [-0.1, -0.05) is 36.7 Å². The molecule has 1 aliphatic rings. The molecular weight excluding hydrogens is 428 g/mol. The molecule has 4 rings (SSSR count). The molecule has 0 atom stereocenters. The highest BCUT2D eigenvalue weighted by Crippen LogP contribution is 2.30. The number of amides is 1. The fraction of sp³-hybridized carbons (Fsp3) is 0.318. The van der Waals surface area contributed by atoms with E-state index >= 15 is 0 Å². The monoisotopic (exact) mass is 452 g/mol. The van der Waals surface area contributed by atoms with Gasteiger partial charge in [0.1, 0.15) is 11.5 Å². The second-order valence-corrected chi connectivity index (χ2v) is 7.89. The fourth-order valence-electron chi connectivity index (χ4n) is 3.30. The molecule has 166 valence electrons. The highest BCUT2D eigenvalue weighted by Gasteiger charge is 2.20. The second-order valence-electron chi connectivity index (χ2n) is 7.48. The molecule has 32 heavy (non-hydrogen) atoms. The number of benzene rings is 1. The lowest BCUT2D eigenvalue weighted by Gasteiger charge is -2.32. The van der Waals surface area contributed by atoms with Crippen LogP contribution in [-0.4, -0.2) is 64.0 Å². The Morgan fingerprint density at radius 3 is 2.53 bits per heavy atom. The smallest absolute Gasteiger partial charge is 0.255 e. The van der Waals surface area contributed by atoms with Crippen LogP contribution in [0.5, 0.6) is 0 Å². The fourth-order valence-corrected chi connectivity index (χ4v) is 3.50. The molecule has 10 heteroatoms. The standard InChI is InChI=1S/C22H25ClN8O/c1-3-17-25-21(29-22(26-17)31-13-11-30(2)12-14-31)28-19-18(16(23)9-10-24-19)27-20(32)15-7-5-4-6-8-15/h4-10H,3,11-14H2,1-2H3,(H,27,32)(H,24,25,26,28,29). The molecule has 0 unspecified atom stereocenters. The number of carbonyl (C=O) groups is 1. The highest BCUT2D eigenvalue weighted by atomic mass is 35.5. The summed E-state index contributed by atoms with van der Waals surface area (Å²) < 4.78 is 0. The zero-order valence-electron chi connectivity index (χ0n) is 18.0. The van der Waals surface area contributed by atoms with Crippen molar-refractivity contribution in [1.82, 2.24) is 24.8 Å². The van der Waals surface area contributed by atoms with Crippen molar-refractivity contribution in [1.29, 1.82) is 0 Å². The first kappa shape index (κ1) is 21.9. The molecule has 3 aromatic rings. The van der Waals surface area contributed by atoms with Crippen LogP contribution < -0.4 is 15.5 Å². The third kappa shape index (κ3) is 5.12. The maximum atomic E-state index is 12.7. The van der Waals surface area contributed by atoms with Crippen LogP contribution >= 0.6 is 11.6 Å². The van der Waals surface area contributed by atoms with Crippen LogP contribution in [0, 0.1) is 0 Å². The van der Waals surface area contributed by atoms with Gasteiger partial charge in [-0.3, -0.25) is 4.79 Å². The number of nitrogens with zero attached hydrogens (tertiary/aromatic N) is 6. The maximum Gasteiger partial charge on any atom is 0.255 e. The van der Waals surface area contributed by atoms with E-state index in [4.69, 9.17) is 11.6 Å². The summed E-state index contributed by atoms with van der Waals surface area (Å²) in [5, 5.41) is 6.32. The average Bonchev–Trinajstić information content (AvgIpc) is 2.82. The van der Waals surface area contributed by atoms with Gasteiger partial charge < -0.3 is 20.4 Å². The predicted molar refractivity (Wildman–Crippen MR) is 126 cm³/mol. The van der Waals surface area contributed by atoms with E-state index in [-0.39, 0.29) is 5.91 Å². The average molecular weight is 453 g/mol.